The number of benzene rings is 2. The van der Waals surface area contributed by atoms with Crippen LogP contribution in [-0.4, -0.2) is 11.1 Å². The highest BCUT2D eigenvalue weighted by Crippen LogP contribution is 2.25. The van der Waals surface area contributed by atoms with Gasteiger partial charge in [0.25, 0.3) is 0 Å². The maximum Gasteiger partial charge on any atom is 0.337 e. The third kappa shape index (κ3) is 2.63. The normalized spacial score (nSPS) is 10.1. The summed E-state index contributed by atoms with van der Waals surface area (Å²) in [5.74, 6) is -0.954. The second kappa shape index (κ2) is 5.10. The predicted octanol–water partition coefficient (Wildman–Crippen LogP) is 4.09. The fourth-order valence-corrected chi connectivity index (χ4v) is 1.92. The van der Waals surface area contributed by atoms with E-state index in [1.807, 2.05) is 19.1 Å². The van der Waals surface area contributed by atoms with Crippen LogP contribution in [-0.2, 0) is 0 Å². The first-order valence-electron chi connectivity index (χ1n) is 5.43. The highest BCUT2D eigenvalue weighted by Gasteiger charge is 2.09. The molecule has 0 aliphatic carbocycles. The molecule has 0 radical (unpaired) electrons. The van der Waals surface area contributed by atoms with Crippen LogP contribution in [0.3, 0.4) is 0 Å². The van der Waals surface area contributed by atoms with E-state index in [9.17, 15) is 4.79 Å². The number of carbonyl (C=O) groups is 1. The molecule has 18 heavy (non-hydrogen) atoms. The molecular weight excluding hydrogens is 250 g/mol. The number of halogens is 1. The van der Waals surface area contributed by atoms with Gasteiger partial charge in [-0.2, -0.15) is 0 Å². The molecule has 0 aromatic heterocycles. The molecular formula is C14H12ClNO2. The Bertz CT molecular complexity index is 596. The summed E-state index contributed by atoms with van der Waals surface area (Å²) in [5.41, 5.74) is 2.61. The summed E-state index contributed by atoms with van der Waals surface area (Å²) in [6, 6.07) is 12.2. The van der Waals surface area contributed by atoms with E-state index in [-0.39, 0.29) is 5.56 Å². The number of aryl methyl sites for hydroxylation is 1. The smallest absolute Gasteiger partial charge is 0.337 e. The third-order valence-electron chi connectivity index (χ3n) is 2.62. The van der Waals surface area contributed by atoms with E-state index < -0.39 is 5.97 Å². The quantitative estimate of drug-likeness (QED) is 0.875. The van der Waals surface area contributed by atoms with Crippen LogP contribution >= 0.6 is 11.6 Å². The molecule has 2 N–H and O–H groups in total. The Morgan fingerprint density at radius 3 is 2.56 bits per heavy atom. The fraction of sp³-hybridized carbons (Fsp3) is 0.0714. The van der Waals surface area contributed by atoms with E-state index in [0.717, 1.165) is 11.3 Å². The minimum Gasteiger partial charge on any atom is -0.478 e. The highest BCUT2D eigenvalue weighted by atomic mass is 35.5. The zero-order chi connectivity index (χ0) is 13.1. The first-order valence-corrected chi connectivity index (χ1v) is 5.81. The molecule has 0 amide bonds. The van der Waals surface area contributed by atoms with Crippen molar-refractivity contribution in [2.75, 3.05) is 5.32 Å². The number of carboxylic acids is 1. The van der Waals surface area contributed by atoms with Crippen molar-refractivity contribution in [3.05, 3.63) is 58.6 Å². The molecule has 4 heteroatoms. The summed E-state index contributed by atoms with van der Waals surface area (Å²) in [7, 11) is 0. The number of nitrogens with one attached hydrogen (secondary N) is 1. The summed E-state index contributed by atoms with van der Waals surface area (Å²) in [5, 5.41) is 12.9. The number of para-hydroxylation sites is 1. The van der Waals surface area contributed by atoms with Crippen LogP contribution in [0.25, 0.3) is 0 Å². The van der Waals surface area contributed by atoms with Crippen LogP contribution in [0.15, 0.2) is 42.5 Å². The average molecular weight is 262 g/mol. The minimum atomic E-state index is -0.954. The van der Waals surface area contributed by atoms with Crippen LogP contribution in [0.2, 0.25) is 5.02 Å². The molecule has 92 valence electrons. The first kappa shape index (κ1) is 12.5. The lowest BCUT2D eigenvalue weighted by Gasteiger charge is -2.12. The van der Waals surface area contributed by atoms with Gasteiger partial charge in [-0.3, -0.25) is 0 Å². The van der Waals surface area contributed by atoms with E-state index in [2.05, 4.69) is 5.32 Å². The van der Waals surface area contributed by atoms with Crippen LogP contribution < -0.4 is 5.32 Å². The average Bonchev–Trinajstić information content (AvgIpc) is 2.33. The SMILES string of the molecule is Cc1cc(Cl)ccc1Nc1ccccc1C(=O)O. The minimum absolute atomic E-state index is 0.242. The van der Waals surface area contributed by atoms with Crippen molar-refractivity contribution in [2.45, 2.75) is 6.92 Å². The fourth-order valence-electron chi connectivity index (χ4n) is 1.69. The summed E-state index contributed by atoms with van der Waals surface area (Å²) in [4.78, 5) is 11.1. The molecule has 3 nitrogen and oxygen atoms in total. The van der Waals surface area contributed by atoms with Crippen LogP contribution in [0.1, 0.15) is 15.9 Å². The second-order valence-electron chi connectivity index (χ2n) is 3.93. The Hall–Kier alpha value is -2.00. The molecule has 0 heterocycles. The Morgan fingerprint density at radius 2 is 1.89 bits per heavy atom. The van der Waals surface area contributed by atoms with Crippen molar-refractivity contribution in [3.63, 3.8) is 0 Å². The molecule has 2 aromatic carbocycles. The van der Waals surface area contributed by atoms with Crippen molar-refractivity contribution >= 4 is 28.9 Å². The molecule has 0 atom stereocenters. The zero-order valence-corrected chi connectivity index (χ0v) is 10.5. The van der Waals surface area contributed by atoms with Crippen molar-refractivity contribution in [3.8, 4) is 0 Å². The molecule has 0 saturated heterocycles. The number of carboxylic acid groups (broad SMARTS) is 1. The molecule has 2 aromatic rings. The van der Waals surface area contributed by atoms with Crippen LogP contribution in [0.4, 0.5) is 11.4 Å². The van der Waals surface area contributed by atoms with Crippen molar-refractivity contribution in [2.24, 2.45) is 0 Å². The molecule has 0 spiro atoms. The number of anilines is 2. The Kier molecular flexibility index (Phi) is 3.53. The molecule has 0 aliphatic heterocycles. The van der Waals surface area contributed by atoms with Gasteiger partial charge in [0.15, 0.2) is 0 Å². The van der Waals surface area contributed by atoms with Gasteiger partial charge in [0, 0.05) is 10.7 Å². The van der Waals surface area contributed by atoms with E-state index >= 15 is 0 Å². The number of hydrogen-bond acceptors (Lipinski definition) is 2. The summed E-state index contributed by atoms with van der Waals surface area (Å²) in [6.45, 7) is 1.91. The van der Waals surface area contributed by atoms with Gasteiger partial charge >= 0.3 is 5.97 Å². The largest absolute Gasteiger partial charge is 0.478 e. The number of hydrogen-bond donors (Lipinski definition) is 2. The number of aromatic carboxylic acids is 1. The molecule has 0 aliphatic rings. The van der Waals surface area contributed by atoms with Gasteiger partial charge in [0.05, 0.1) is 11.3 Å². The second-order valence-corrected chi connectivity index (χ2v) is 4.37. The Labute approximate surface area is 110 Å². The Morgan fingerprint density at radius 1 is 1.17 bits per heavy atom. The van der Waals surface area contributed by atoms with Gasteiger partial charge in [-0.1, -0.05) is 23.7 Å². The monoisotopic (exact) mass is 261 g/mol. The topological polar surface area (TPSA) is 49.3 Å². The van der Waals surface area contributed by atoms with Gasteiger partial charge in [-0.25, -0.2) is 4.79 Å². The van der Waals surface area contributed by atoms with E-state index in [0.29, 0.717) is 10.7 Å². The van der Waals surface area contributed by atoms with E-state index in [1.54, 1.807) is 30.3 Å². The lowest BCUT2D eigenvalue weighted by molar-refractivity contribution is 0.0698. The summed E-state index contributed by atoms with van der Waals surface area (Å²) in [6.07, 6.45) is 0. The maximum atomic E-state index is 11.1. The van der Waals surface area contributed by atoms with Crippen LogP contribution in [0.5, 0.6) is 0 Å². The van der Waals surface area contributed by atoms with Gasteiger partial charge in [-0.05, 0) is 42.8 Å². The zero-order valence-electron chi connectivity index (χ0n) is 9.77. The lowest BCUT2D eigenvalue weighted by atomic mass is 10.1. The van der Waals surface area contributed by atoms with E-state index in [1.165, 1.54) is 0 Å². The summed E-state index contributed by atoms with van der Waals surface area (Å²) >= 11 is 5.88. The highest BCUT2D eigenvalue weighted by molar-refractivity contribution is 6.30. The van der Waals surface area contributed by atoms with Crippen LogP contribution in [0, 0.1) is 6.92 Å². The van der Waals surface area contributed by atoms with Gasteiger partial charge in [0.1, 0.15) is 0 Å². The lowest BCUT2D eigenvalue weighted by Crippen LogP contribution is -2.03. The Balaban J connectivity index is 2.37. The maximum absolute atomic E-state index is 11.1. The number of rotatable bonds is 3. The first-order chi connectivity index (χ1) is 8.58. The molecule has 0 unspecified atom stereocenters. The van der Waals surface area contributed by atoms with Gasteiger partial charge in [0.2, 0.25) is 0 Å². The molecule has 0 fully saturated rings. The van der Waals surface area contributed by atoms with E-state index in [4.69, 9.17) is 16.7 Å². The van der Waals surface area contributed by atoms with Crippen molar-refractivity contribution < 1.29 is 9.90 Å². The predicted molar refractivity (Wildman–Crippen MR) is 72.9 cm³/mol. The molecule has 0 saturated carbocycles. The van der Waals surface area contributed by atoms with Gasteiger partial charge < -0.3 is 10.4 Å². The molecule has 0 bridgehead atoms. The molecule has 2 rings (SSSR count). The third-order valence-corrected chi connectivity index (χ3v) is 2.85. The van der Waals surface area contributed by atoms with Crippen molar-refractivity contribution in [1.82, 2.24) is 0 Å². The standard InChI is InChI=1S/C14H12ClNO2/c1-9-8-10(15)6-7-12(9)16-13-5-3-2-4-11(13)14(17)18/h2-8,16H,1H3,(H,17,18). The van der Waals surface area contributed by atoms with Gasteiger partial charge in [-0.15, -0.1) is 0 Å². The van der Waals surface area contributed by atoms with Crippen molar-refractivity contribution in [1.29, 1.82) is 0 Å². The summed E-state index contributed by atoms with van der Waals surface area (Å²) < 4.78 is 0.